The first-order valence-electron chi connectivity index (χ1n) is 7.47. The Bertz CT molecular complexity index is 623. The molecule has 5 heteroatoms. The van der Waals surface area contributed by atoms with Gasteiger partial charge in [-0.2, -0.15) is 0 Å². The Balaban J connectivity index is 1.79. The van der Waals surface area contributed by atoms with E-state index in [2.05, 4.69) is 36.4 Å². The maximum atomic E-state index is 11.8. The molecule has 1 aromatic heterocycles. The van der Waals surface area contributed by atoms with Gasteiger partial charge in [-0.1, -0.05) is 32.9 Å². The molecule has 0 aliphatic carbocycles. The van der Waals surface area contributed by atoms with Crippen LogP contribution in [-0.2, 0) is 18.9 Å². The minimum absolute atomic E-state index is 0.115. The van der Waals surface area contributed by atoms with Gasteiger partial charge in [0.2, 0.25) is 0 Å². The average molecular weight is 300 g/mol. The number of anilines is 1. The maximum Gasteiger partial charge on any atom is 0.319 e. The number of aryl methyl sites for hydroxylation is 1. The Hall–Kier alpha value is -2.30. The van der Waals surface area contributed by atoms with Crippen molar-refractivity contribution >= 4 is 11.7 Å². The molecule has 22 heavy (non-hydrogen) atoms. The molecular weight excluding hydrogens is 276 g/mol. The number of carbonyl (C=O) groups excluding carboxylic acids is 1. The van der Waals surface area contributed by atoms with Crippen LogP contribution in [0.5, 0.6) is 0 Å². The van der Waals surface area contributed by atoms with Gasteiger partial charge in [-0.25, -0.2) is 9.78 Å². The molecule has 2 rings (SSSR count). The second-order valence-electron chi connectivity index (χ2n) is 6.49. The van der Waals surface area contributed by atoms with Crippen LogP contribution in [0.25, 0.3) is 0 Å². The van der Waals surface area contributed by atoms with E-state index in [1.807, 2.05) is 42.1 Å². The second-order valence-corrected chi connectivity index (χ2v) is 6.49. The van der Waals surface area contributed by atoms with E-state index in [1.54, 1.807) is 6.33 Å². The van der Waals surface area contributed by atoms with Crippen LogP contribution in [-0.4, -0.2) is 22.1 Å². The number of rotatable bonds is 4. The van der Waals surface area contributed by atoms with Gasteiger partial charge < -0.3 is 15.2 Å². The van der Waals surface area contributed by atoms with Crippen molar-refractivity contribution in [2.45, 2.75) is 32.6 Å². The van der Waals surface area contributed by atoms with Gasteiger partial charge in [-0.05, 0) is 23.1 Å². The number of nitrogens with one attached hydrogen (secondary N) is 2. The lowest BCUT2D eigenvalue weighted by Gasteiger charge is -2.19. The molecule has 2 aromatic rings. The summed E-state index contributed by atoms with van der Waals surface area (Å²) in [5.41, 5.74) is 3.12. The van der Waals surface area contributed by atoms with Crippen molar-refractivity contribution in [3.63, 3.8) is 0 Å². The lowest BCUT2D eigenvalue weighted by molar-refractivity contribution is 0.252. The molecule has 0 spiro atoms. The Morgan fingerprint density at radius 3 is 2.45 bits per heavy atom. The van der Waals surface area contributed by atoms with Gasteiger partial charge in [0.25, 0.3) is 0 Å². The SMILES string of the molecule is Cn1cnc(CCNC(=O)Nc2ccc(C(C)(C)C)cc2)c1. The van der Waals surface area contributed by atoms with Gasteiger partial charge >= 0.3 is 6.03 Å². The number of hydrogen-bond acceptors (Lipinski definition) is 2. The Kier molecular flexibility index (Phi) is 4.85. The minimum atomic E-state index is -0.195. The molecule has 1 aromatic carbocycles. The van der Waals surface area contributed by atoms with E-state index in [-0.39, 0.29) is 11.4 Å². The van der Waals surface area contributed by atoms with Crippen molar-refractivity contribution in [1.29, 1.82) is 0 Å². The van der Waals surface area contributed by atoms with Crippen LogP contribution in [0, 0.1) is 0 Å². The number of benzene rings is 1. The summed E-state index contributed by atoms with van der Waals surface area (Å²) in [5, 5.41) is 5.67. The Morgan fingerprint density at radius 1 is 1.23 bits per heavy atom. The molecule has 0 saturated carbocycles. The number of aromatic nitrogens is 2. The molecule has 0 saturated heterocycles. The first kappa shape index (κ1) is 16.1. The highest BCUT2D eigenvalue weighted by molar-refractivity contribution is 5.89. The van der Waals surface area contributed by atoms with Crippen LogP contribution in [0.1, 0.15) is 32.0 Å². The van der Waals surface area contributed by atoms with E-state index in [4.69, 9.17) is 0 Å². The van der Waals surface area contributed by atoms with Gasteiger partial charge in [-0.3, -0.25) is 0 Å². The van der Waals surface area contributed by atoms with Crippen LogP contribution in [0.4, 0.5) is 10.5 Å². The molecule has 118 valence electrons. The Labute approximate surface area is 131 Å². The van der Waals surface area contributed by atoms with Crippen LogP contribution in [0.3, 0.4) is 0 Å². The number of hydrogen-bond donors (Lipinski definition) is 2. The number of nitrogens with zero attached hydrogens (tertiary/aromatic N) is 2. The van der Waals surface area contributed by atoms with Gasteiger partial charge in [0.1, 0.15) is 0 Å². The van der Waals surface area contributed by atoms with Gasteiger partial charge in [0, 0.05) is 31.9 Å². The number of imidazole rings is 1. The molecule has 1 heterocycles. The van der Waals surface area contributed by atoms with Gasteiger partial charge in [0.05, 0.1) is 12.0 Å². The zero-order valence-electron chi connectivity index (χ0n) is 13.7. The molecule has 0 atom stereocenters. The molecule has 0 aliphatic heterocycles. The molecule has 0 radical (unpaired) electrons. The highest BCUT2D eigenvalue weighted by Gasteiger charge is 2.13. The highest BCUT2D eigenvalue weighted by atomic mass is 16.2. The van der Waals surface area contributed by atoms with Crippen molar-refractivity contribution in [3.8, 4) is 0 Å². The fourth-order valence-corrected chi connectivity index (χ4v) is 2.13. The predicted octanol–water partition coefficient (Wildman–Crippen LogP) is 3.08. The van der Waals surface area contributed by atoms with E-state index < -0.39 is 0 Å². The van der Waals surface area contributed by atoms with E-state index >= 15 is 0 Å². The number of carbonyl (C=O) groups is 1. The zero-order chi connectivity index (χ0) is 16.2. The third kappa shape index (κ3) is 4.62. The normalized spacial score (nSPS) is 11.3. The molecule has 0 bridgehead atoms. The topological polar surface area (TPSA) is 59.0 Å². The minimum Gasteiger partial charge on any atom is -0.340 e. The molecule has 2 N–H and O–H groups in total. The van der Waals surface area contributed by atoms with Crippen molar-refractivity contribution in [3.05, 3.63) is 48.0 Å². The maximum absolute atomic E-state index is 11.8. The van der Waals surface area contributed by atoms with Crippen molar-refractivity contribution in [1.82, 2.24) is 14.9 Å². The highest BCUT2D eigenvalue weighted by Crippen LogP contribution is 2.23. The standard InChI is InChI=1S/C17H24N4O/c1-17(2,3)13-5-7-14(8-6-13)20-16(22)18-10-9-15-11-21(4)12-19-15/h5-8,11-12H,9-10H2,1-4H3,(H2,18,20,22). The molecule has 2 amide bonds. The molecule has 0 fully saturated rings. The van der Waals surface area contributed by atoms with E-state index in [0.29, 0.717) is 6.54 Å². The zero-order valence-corrected chi connectivity index (χ0v) is 13.7. The fourth-order valence-electron chi connectivity index (χ4n) is 2.13. The monoisotopic (exact) mass is 300 g/mol. The molecular formula is C17H24N4O. The van der Waals surface area contributed by atoms with Crippen LogP contribution in [0.15, 0.2) is 36.8 Å². The van der Waals surface area contributed by atoms with Crippen molar-refractivity contribution < 1.29 is 4.79 Å². The largest absolute Gasteiger partial charge is 0.340 e. The Morgan fingerprint density at radius 2 is 1.91 bits per heavy atom. The van der Waals surface area contributed by atoms with Gasteiger partial charge in [-0.15, -0.1) is 0 Å². The molecule has 0 aliphatic rings. The summed E-state index contributed by atoms with van der Waals surface area (Å²) in [6.07, 6.45) is 4.42. The molecule has 5 nitrogen and oxygen atoms in total. The lowest BCUT2D eigenvalue weighted by Crippen LogP contribution is -2.30. The number of urea groups is 1. The van der Waals surface area contributed by atoms with Crippen LogP contribution in [0.2, 0.25) is 0 Å². The average Bonchev–Trinajstić information content (AvgIpc) is 2.84. The third-order valence-corrected chi connectivity index (χ3v) is 3.43. The van der Waals surface area contributed by atoms with E-state index in [9.17, 15) is 4.79 Å². The van der Waals surface area contributed by atoms with Crippen molar-refractivity contribution in [2.24, 2.45) is 7.05 Å². The van der Waals surface area contributed by atoms with Crippen LogP contribution >= 0.6 is 0 Å². The third-order valence-electron chi connectivity index (χ3n) is 3.43. The summed E-state index contributed by atoms with van der Waals surface area (Å²) in [7, 11) is 1.93. The predicted molar refractivity (Wildman–Crippen MR) is 89.1 cm³/mol. The second kappa shape index (κ2) is 6.64. The van der Waals surface area contributed by atoms with E-state index in [1.165, 1.54) is 5.56 Å². The summed E-state index contributed by atoms with van der Waals surface area (Å²) in [4.78, 5) is 16.1. The fraction of sp³-hybridized carbons (Fsp3) is 0.412. The first-order valence-corrected chi connectivity index (χ1v) is 7.47. The first-order chi connectivity index (χ1) is 10.3. The van der Waals surface area contributed by atoms with Crippen molar-refractivity contribution in [2.75, 3.05) is 11.9 Å². The quantitative estimate of drug-likeness (QED) is 0.911. The smallest absolute Gasteiger partial charge is 0.319 e. The summed E-state index contributed by atoms with van der Waals surface area (Å²) in [6, 6.07) is 7.75. The lowest BCUT2D eigenvalue weighted by atomic mass is 9.87. The van der Waals surface area contributed by atoms with E-state index in [0.717, 1.165) is 17.8 Å². The van der Waals surface area contributed by atoms with Crippen LogP contribution < -0.4 is 10.6 Å². The number of amides is 2. The summed E-state index contributed by atoms with van der Waals surface area (Å²) in [6.45, 7) is 7.06. The summed E-state index contributed by atoms with van der Waals surface area (Å²) >= 11 is 0. The van der Waals surface area contributed by atoms with Gasteiger partial charge in [0.15, 0.2) is 0 Å². The summed E-state index contributed by atoms with van der Waals surface area (Å²) < 4.78 is 1.90. The summed E-state index contributed by atoms with van der Waals surface area (Å²) in [5.74, 6) is 0. The molecule has 0 unspecified atom stereocenters.